The fourth-order valence-corrected chi connectivity index (χ4v) is 1.37. The van der Waals surface area contributed by atoms with E-state index in [0.717, 1.165) is 6.42 Å². The summed E-state index contributed by atoms with van der Waals surface area (Å²) in [5.74, 6) is 0.398. The Morgan fingerprint density at radius 3 is 2.79 bits per heavy atom. The topological polar surface area (TPSA) is 70.7 Å². The first kappa shape index (κ1) is 10.7. The maximum absolute atomic E-state index is 11.5. The smallest absolute Gasteiger partial charge is 0.273 e. The Kier molecular flexibility index (Phi) is 3.62. The zero-order chi connectivity index (χ0) is 10.6. The normalized spacial score (nSPS) is 12.9. The second-order valence-corrected chi connectivity index (χ2v) is 3.86. The van der Waals surface area contributed by atoms with Gasteiger partial charge >= 0.3 is 0 Å². The molecular formula is C9H16N4O. The summed E-state index contributed by atoms with van der Waals surface area (Å²) in [6.07, 6.45) is 2.38. The average Bonchev–Trinajstić information content (AvgIpc) is 2.53. The van der Waals surface area contributed by atoms with Crippen LogP contribution in [0.25, 0.3) is 0 Å². The molecule has 0 aliphatic heterocycles. The van der Waals surface area contributed by atoms with E-state index in [-0.39, 0.29) is 11.9 Å². The SMILES string of the molecule is CC(C)CC(C)NC(=O)c1cn[nH]n1. The molecule has 0 aromatic carbocycles. The highest BCUT2D eigenvalue weighted by Gasteiger charge is 2.12. The van der Waals surface area contributed by atoms with Crippen LogP contribution in [0.1, 0.15) is 37.7 Å². The van der Waals surface area contributed by atoms with Gasteiger partial charge in [0.1, 0.15) is 0 Å². The van der Waals surface area contributed by atoms with Crippen LogP contribution in [-0.4, -0.2) is 27.4 Å². The van der Waals surface area contributed by atoms with Crippen LogP contribution in [0.4, 0.5) is 0 Å². The van der Waals surface area contributed by atoms with Gasteiger partial charge in [0.05, 0.1) is 6.20 Å². The molecule has 1 aromatic rings. The average molecular weight is 196 g/mol. The number of carbonyl (C=O) groups excluding carboxylic acids is 1. The van der Waals surface area contributed by atoms with Crippen molar-refractivity contribution >= 4 is 5.91 Å². The van der Waals surface area contributed by atoms with E-state index in [1.165, 1.54) is 6.20 Å². The molecule has 0 aliphatic rings. The van der Waals surface area contributed by atoms with Crippen LogP contribution in [0.3, 0.4) is 0 Å². The fourth-order valence-electron chi connectivity index (χ4n) is 1.37. The third-order valence-corrected chi connectivity index (χ3v) is 1.85. The Labute approximate surface area is 83.3 Å². The molecule has 5 heteroatoms. The highest BCUT2D eigenvalue weighted by atomic mass is 16.2. The first-order valence-electron chi connectivity index (χ1n) is 4.76. The van der Waals surface area contributed by atoms with Gasteiger partial charge in [0.15, 0.2) is 5.69 Å². The lowest BCUT2D eigenvalue weighted by Gasteiger charge is -2.14. The number of amides is 1. The van der Waals surface area contributed by atoms with Crippen molar-refractivity contribution in [2.24, 2.45) is 5.92 Å². The van der Waals surface area contributed by atoms with Gasteiger partial charge in [-0.2, -0.15) is 15.4 Å². The first-order chi connectivity index (χ1) is 6.59. The van der Waals surface area contributed by atoms with Crippen molar-refractivity contribution in [1.82, 2.24) is 20.7 Å². The molecule has 5 nitrogen and oxygen atoms in total. The number of hydrogen-bond acceptors (Lipinski definition) is 3. The summed E-state index contributed by atoms with van der Waals surface area (Å²) in [6, 6.07) is 0.166. The molecule has 78 valence electrons. The summed E-state index contributed by atoms with van der Waals surface area (Å²) in [5.41, 5.74) is 0.334. The number of H-pyrrole nitrogens is 1. The first-order valence-corrected chi connectivity index (χ1v) is 4.76. The maximum atomic E-state index is 11.5. The van der Waals surface area contributed by atoms with Crippen LogP contribution < -0.4 is 5.32 Å². The Morgan fingerprint density at radius 2 is 2.29 bits per heavy atom. The molecule has 0 saturated carbocycles. The van der Waals surface area contributed by atoms with Crippen molar-refractivity contribution in [2.75, 3.05) is 0 Å². The molecule has 0 radical (unpaired) electrons. The Balaban J connectivity index is 2.41. The summed E-state index contributed by atoms with van der Waals surface area (Å²) in [5, 5.41) is 12.5. The summed E-state index contributed by atoms with van der Waals surface area (Å²) in [4.78, 5) is 11.5. The Morgan fingerprint density at radius 1 is 1.57 bits per heavy atom. The monoisotopic (exact) mass is 196 g/mol. The van der Waals surface area contributed by atoms with Crippen LogP contribution in [0, 0.1) is 5.92 Å². The third kappa shape index (κ3) is 3.16. The van der Waals surface area contributed by atoms with E-state index in [2.05, 4.69) is 34.6 Å². The van der Waals surface area contributed by atoms with Gasteiger partial charge in [-0.1, -0.05) is 13.8 Å². The van der Waals surface area contributed by atoms with Crippen LogP contribution in [0.5, 0.6) is 0 Å². The lowest BCUT2D eigenvalue weighted by Crippen LogP contribution is -2.33. The van der Waals surface area contributed by atoms with E-state index in [4.69, 9.17) is 0 Å². The second-order valence-electron chi connectivity index (χ2n) is 3.86. The van der Waals surface area contributed by atoms with Gasteiger partial charge in [-0.3, -0.25) is 4.79 Å². The Hall–Kier alpha value is -1.39. The zero-order valence-electron chi connectivity index (χ0n) is 8.74. The van der Waals surface area contributed by atoms with Crippen LogP contribution in [0.15, 0.2) is 6.20 Å². The van der Waals surface area contributed by atoms with Crippen molar-refractivity contribution in [3.8, 4) is 0 Å². The van der Waals surface area contributed by atoms with Crippen molar-refractivity contribution in [2.45, 2.75) is 33.2 Å². The standard InChI is InChI=1S/C9H16N4O/c1-6(2)4-7(3)11-9(14)8-5-10-13-12-8/h5-7H,4H2,1-3H3,(H,11,14)(H,10,12,13). The molecule has 0 spiro atoms. The molecule has 1 atom stereocenters. The highest BCUT2D eigenvalue weighted by Crippen LogP contribution is 2.04. The number of aromatic amines is 1. The number of hydrogen-bond donors (Lipinski definition) is 2. The van der Waals surface area contributed by atoms with Gasteiger partial charge in [0, 0.05) is 6.04 Å². The minimum Gasteiger partial charge on any atom is -0.348 e. The molecule has 2 N–H and O–H groups in total. The van der Waals surface area contributed by atoms with E-state index < -0.39 is 0 Å². The lowest BCUT2D eigenvalue weighted by atomic mass is 10.1. The van der Waals surface area contributed by atoms with Gasteiger partial charge < -0.3 is 5.32 Å². The van der Waals surface area contributed by atoms with E-state index in [1.807, 2.05) is 6.92 Å². The van der Waals surface area contributed by atoms with Crippen molar-refractivity contribution < 1.29 is 4.79 Å². The summed E-state index contributed by atoms with van der Waals surface area (Å²) >= 11 is 0. The number of nitrogens with zero attached hydrogens (tertiary/aromatic N) is 2. The van der Waals surface area contributed by atoms with E-state index in [1.54, 1.807) is 0 Å². The largest absolute Gasteiger partial charge is 0.348 e. The van der Waals surface area contributed by atoms with Gasteiger partial charge in [-0.15, -0.1) is 0 Å². The predicted molar refractivity (Wildman–Crippen MR) is 52.8 cm³/mol. The van der Waals surface area contributed by atoms with Gasteiger partial charge in [-0.25, -0.2) is 0 Å². The molecule has 1 rings (SSSR count). The Bertz CT molecular complexity index is 281. The minimum atomic E-state index is -0.174. The van der Waals surface area contributed by atoms with Gasteiger partial charge in [0.25, 0.3) is 5.91 Å². The summed E-state index contributed by atoms with van der Waals surface area (Å²) < 4.78 is 0. The van der Waals surface area contributed by atoms with E-state index in [0.29, 0.717) is 11.6 Å². The molecule has 0 aliphatic carbocycles. The molecule has 1 aromatic heterocycles. The lowest BCUT2D eigenvalue weighted by molar-refractivity contribution is 0.0931. The van der Waals surface area contributed by atoms with E-state index >= 15 is 0 Å². The number of nitrogens with one attached hydrogen (secondary N) is 2. The van der Waals surface area contributed by atoms with Crippen molar-refractivity contribution in [3.05, 3.63) is 11.9 Å². The quantitative estimate of drug-likeness (QED) is 0.753. The fraction of sp³-hybridized carbons (Fsp3) is 0.667. The molecule has 0 saturated heterocycles. The maximum Gasteiger partial charge on any atom is 0.273 e. The van der Waals surface area contributed by atoms with Crippen LogP contribution >= 0.6 is 0 Å². The summed E-state index contributed by atoms with van der Waals surface area (Å²) in [6.45, 7) is 6.23. The second kappa shape index (κ2) is 4.74. The molecule has 14 heavy (non-hydrogen) atoms. The molecule has 0 fully saturated rings. The molecule has 1 heterocycles. The third-order valence-electron chi connectivity index (χ3n) is 1.85. The van der Waals surface area contributed by atoms with Crippen LogP contribution in [-0.2, 0) is 0 Å². The molecule has 0 bridgehead atoms. The van der Waals surface area contributed by atoms with E-state index in [9.17, 15) is 4.79 Å². The zero-order valence-corrected chi connectivity index (χ0v) is 8.74. The number of rotatable bonds is 4. The number of aromatic nitrogens is 3. The molecule has 1 unspecified atom stereocenters. The van der Waals surface area contributed by atoms with Gasteiger partial charge in [0.2, 0.25) is 0 Å². The minimum absolute atomic E-state index is 0.166. The van der Waals surface area contributed by atoms with Crippen molar-refractivity contribution in [3.63, 3.8) is 0 Å². The predicted octanol–water partition coefficient (Wildman–Crippen LogP) is 0.969. The molecule has 1 amide bonds. The van der Waals surface area contributed by atoms with Crippen LogP contribution in [0.2, 0.25) is 0 Å². The number of carbonyl (C=O) groups is 1. The highest BCUT2D eigenvalue weighted by molar-refractivity contribution is 5.91. The summed E-state index contributed by atoms with van der Waals surface area (Å²) in [7, 11) is 0. The van der Waals surface area contributed by atoms with Gasteiger partial charge in [-0.05, 0) is 19.3 Å². The molecular weight excluding hydrogens is 180 g/mol. The van der Waals surface area contributed by atoms with Crippen molar-refractivity contribution in [1.29, 1.82) is 0 Å².